The zero-order valence-electron chi connectivity index (χ0n) is 22.9. The highest BCUT2D eigenvalue weighted by atomic mass is 35.5. The summed E-state index contributed by atoms with van der Waals surface area (Å²) in [4.78, 5) is 28.9. The molecule has 202 valence electrons. The first-order valence-electron chi connectivity index (χ1n) is 13.7. The van der Waals surface area contributed by atoms with E-state index in [4.69, 9.17) is 23.2 Å². The fourth-order valence-corrected chi connectivity index (χ4v) is 5.71. The molecule has 0 saturated carbocycles. The minimum absolute atomic E-state index is 0.137. The van der Waals surface area contributed by atoms with Gasteiger partial charge < -0.3 is 9.80 Å². The Bertz CT molecular complexity index is 1060. The van der Waals surface area contributed by atoms with Crippen molar-refractivity contribution in [3.63, 3.8) is 0 Å². The van der Waals surface area contributed by atoms with E-state index in [1.54, 1.807) is 13.0 Å². The van der Waals surface area contributed by atoms with Crippen molar-refractivity contribution in [2.45, 2.75) is 84.1 Å². The Hall–Kier alpha value is -1.88. The SMILES string of the molecule is CC(=O)C(C)(CCN1CCC(N2CCCC2=O)CC1)c1ccc(Cl)c(Cl)c1.CCCc1ccccc1C. The van der Waals surface area contributed by atoms with Gasteiger partial charge in [-0.25, -0.2) is 0 Å². The Morgan fingerprint density at radius 1 is 1.05 bits per heavy atom. The molecule has 1 unspecified atom stereocenters. The zero-order valence-corrected chi connectivity index (χ0v) is 24.4. The van der Waals surface area contributed by atoms with Gasteiger partial charge in [0.25, 0.3) is 0 Å². The van der Waals surface area contributed by atoms with E-state index < -0.39 is 5.41 Å². The fraction of sp³-hybridized carbons (Fsp3) is 0.548. The molecular weight excluding hydrogens is 503 g/mol. The van der Waals surface area contributed by atoms with E-state index in [1.165, 1.54) is 24.0 Å². The highest BCUT2D eigenvalue weighted by Crippen LogP contribution is 2.34. The number of ketones is 1. The van der Waals surface area contributed by atoms with Gasteiger partial charge in [0.15, 0.2) is 0 Å². The van der Waals surface area contributed by atoms with Crippen LogP contribution in [-0.2, 0) is 21.4 Å². The van der Waals surface area contributed by atoms with Gasteiger partial charge in [-0.1, -0.05) is 66.9 Å². The summed E-state index contributed by atoms with van der Waals surface area (Å²) in [7, 11) is 0. The van der Waals surface area contributed by atoms with E-state index in [0.29, 0.717) is 28.4 Å². The van der Waals surface area contributed by atoms with Crippen molar-refractivity contribution >= 4 is 34.9 Å². The minimum Gasteiger partial charge on any atom is -0.340 e. The number of Topliss-reactive ketones (excluding diaryl/α,β-unsaturated/α-hetero) is 1. The van der Waals surface area contributed by atoms with Crippen molar-refractivity contribution in [3.05, 3.63) is 69.2 Å². The number of hydrogen-bond donors (Lipinski definition) is 0. The van der Waals surface area contributed by atoms with Gasteiger partial charge in [-0.3, -0.25) is 9.59 Å². The van der Waals surface area contributed by atoms with Gasteiger partial charge in [0.05, 0.1) is 15.5 Å². The molecule has 1 atom stereocenters. The molecule has 2 fully saturated rings. The third-order valence-corrected chi connectivity index (χ3v) is 8.89. The number of likely N-dealkylation sites (tertiary alicyclic amines) is 2. The Kier molecular flexibility index (Phi) is 11.0. The molecule has 4 rings (SSSR count). The van der Waals surface area contributed by atoms with Gasteiger partial charge in [0, 0.05) is 32.1 Å². The Labute approximate surface area is 233 Å². The van der Waals surface area contributed by atoms with Gasteiger partial charge in [-0.15, -0.1) is 0 Å². The third-order valence-electron chi connectivity index (χ3n) is 8.15. The molecule has 0 bridgehead atoms. The van der Waals surface area contributed by atoms with Crippen molar-refractivity contribution < 1.29 is 9.59 Å². The summed E-state index contributed by atoms with van der Waals surface area (Å²) in [5.74, 6) is 0.454. The van der Waals surface area contributed by atoms with Crippen LogP contribution in [-0.4, -0.2) is 53.7 Å². The maximum Gasteiger partial charge on any atom is 0.222 e. The molecule has 2 aromatic rings. The second-order valence-corrected chi connectivity index (χ2v) is 11.5. The van der Waals surface area contributed by atoms with Crippen LogP contribution in [0.3, 0.4) is 0 Å². The molecule has 2 heterocycles. The average Bonchev–Trinajstić information content (AvgIpc) is 3.32. The summed E-state index contributed by atoms with van der Waals surface area (Å²) in [5.41, 5.74) is 3.26. The van der Waals surface area contributed by atoms with Crippen molar-refractivity contribution in [2.24, 2.45) is 0 Å². The van der Waals surface area contributed by atoms with E-state index in [0.717, 1.165) is 57.4 Å². The number of benzene rings is 2. The molecular formula is C31H42Cl2N2O2. The topological polar surface area (TPSA) is 40.6 Å². The Morgan fingerprint density at radius 3 is 2.32 bits per heavy atom. The largest absolute Gasteiger partial charge is 0.340 e. The second-order valence-electron chi connectivity index (χ2n) is 10.7. The number of rotatable bonds is 8. The second kappa shape index (κ2) is 13.8. The molecule has 2 aliphatic rings. The van der Waals surface area contributed by atoms with Gasteiger partial charge >= 0.3 is 0 Å². The number of halogens is 2. The molecule has 2 saturated heterocycles. The van der Waals surface area contributed by atoms with Crippen LogP contribution in [0, 0.1) is 6.92 Å². The summed E-state index contributed by atoms with van der Waals surface area (Å²) in [6.45, 7) is 11.8. The number of aryl methyl sites for hydroxylation is 2. The molecule has 37 heavy (non-hydrogen) atoms. The maximum atomic E-state index is 12.5. The van der Waals surface area contributed by atoms with E-state index in [-0.39, 0.29) is 5.78 Å². The lowest BCUT2D eigenvalue weighted by Gasteiger charge is -2.38. The normalized spacial score (nSPS) is 18.3. The van der Waals surface area contributed by atoms with Gasteiger partial charge in [0.1, 0.15) is 5.78 Å². The first kappa shape index (κ1) is 29.7. The summed E-state index contributed by atoms with van der Waals surface area (Å²) in [6.07, 6.45) is 6.95. The van der Waals surface area contributed by atoms with Crippen molar-refractivity contribution in [1.82, 2.24) is 9.80 Å². The average molecular weight is 546 g/mol. The van der Waals surface area contributed by atoms with Crippen LogP contribution in [0.25, 0.3) is 0 Å². The summed E-state index contributed by atoms with van der Waals surface area (Å²) in [5, 5.41) is 0.989. The number of piperidine rings is 1. The lowest BCUT2D eigenvalue weighted by atomic mass is 9.76. The molecule has 2 aliphatic heterocycles. The summed E-state index contributed by atoms with van der Waals surface area (Å²) in [6, 6.07) is 14.5. The fourth-order valence-electron chi connectivity index (χ4n) is 5.41. The molecule has 0 N–H and O–H groups in total. The monoisotopic (exact) mass is 544 g/mol. The lowest BCUT2D eigenvalue weighted by molar-refractivity contribution is -0.130. The lowest BCUT2D eigenvalue weighted by Crippen LogP contribution is -2.46. The molecule has 2 aromatic carbocycles. The van der Waals surface area contributed by atoms with Crippen LogP contribution in [0.15, 0.2) is 42.5 Å². The number of hydrogen-bond acceptors (Lipinski definition) is 3. The Morgan fingerprint density at radius 2 is 1.76 bits per heavy atom. The predicted octanol–water partition coefficient (Wildman–Crippen LogP) is 7.26. The van der Waals surface area contributed by atoms with Crippen LogP contribution in [0.2, 0.25) is 10.0 Å². The molecule has 1 amide bonds. The van der Waals surface area contributed by atoms with Crippen molar-refractivity contribution in [2.75, 3.05) is 26.2 Å². The zero-order chi connectivity index (χ0) is 27.0. The number of amides is 1. The third kappa shape index (κ3) is 7.81. The van der Waals surface area contributed by atoms with Crippen LogP contribution < -0.4 is 0 Å². The first-order valence-corrected chi connectivity index (χ1v) is 14.4. The maximum absolute atomic E-state index is 12.5. The standard InChI is InChI=1S/C21H28Cl2N2O2.C10H14/c1-15(26)21(2,16-5-6-18(22)19(23)14-16)9-13-24-11-7-17(8-12-24)25-10-3-4-20(25)27;1-3-6-10-8-5-4-7-9(10)2/h5-6,14,17H,3-4,7-13H2,1-2H3;4-5,7-8H,3,6H2,1-2H3. The van der Waals surface area contributed by atoms with Crippen molar-refractivity contribution in [1.29, 1.82) is 0 Å². The highest BCUT2D eigenvalue weighted by molar-refractivity contribution is 6.42. The highest BCUT2D eigenvalue weighted by Gasteiger charge is 2.34. The number of carbonyl (C=O) groups is 2. The van der Waals surface area contributed by atoms with Crippen LogP contribution >= 0.6 is 23.2 Å². The molecule has 0 aromatic heterocycles. The van der Waals surface area contributed by atoms with Crippen LogP contribution in [0.5, 0.6) is 0 Å². The quantitative estimate of drug-likeness (QED) is 0.351. The van der Waals surface area contributed by atoms with Gasteiger partial charge in [-0.05, 0) is 88.2 Å². The summed E-state index contributed by atoms with van der Waals surface area (Å²) < 4.78 is 0. The van der Waals surface area contributed by atoms with Crippen LogP contribution in [0.1, 0.15) is 76.0 Å². The number of nitrogens with zero attached hydrogens (tertiary/aromatic N) is 2. The van der Waals surface area contributed by atoms with E-state index >= 15 is 0 Å². The Balaban J connectivity index is 0.000000319. The summed E-state index contributed by atoms with van der Waals surface area (Å²) >= 11 is 12.2. The van der Waals surface area contributed by atoms with E-state index in [9.17, 15) is 9.59 Å². The molecule has 0 radical (unpaired) electrons. The van der Waals surface area contributed by atoms with Gasteiger partial charge in [-0.2, -0.15) is 0 Å². The van der Waals surface area contributed by atoms with E-state index in [2.05, 4.69) is 47.9 Å². The van der Waals surface area contributed by atoms with E-state index in [1.807, 2.05) is 19.1 Å². The predicted molar refractivity (Wildman–Crippen MR) is 155 cm³/mol. The molecule has 0 spiro atoms. The molecule has 6 heteroatoms. The smallest absolute Gasteiger partial charge is 0.222 e. The van der Waals surface area contributed by atoms with Crippen LogP contribution in [0.4, 0.5) is 0 Å². The molecule has 0 aliphatic carbocycles. The minimum atomic E-state index is -0.573. The number of carbonyl (C=O) groups excluding carboxylic acids is 2. The first-order chi connectivity index (χ1) is 17.7. The molecule has 4 nitrogen and oxygen atoms in total. The van der Waals surface area contributed by atoms with Crippen molar-refractivity contribution in [3.8, 4) is 0 Å². The van der Waals surface area contributed by atoms with Gasteiger partial charge in [0.2, 0.25) is 5.91 Å².